The molecule has 0 atom stereocenters. The second-order valence-electron chi connectivity index (χ2n) is 1.99. The zero-order valence-corrected chi connectivity index (χ0v) is 7.65. The predicted molar refractivity (Wildman–Crippen MR) is 42.2 cm³/mol. The van der Waals surface area contributed by atoms with E-state index in [1.165, 1.54) is 5.38 Å². The van der Waals surface area contributed by atoms with E-state index >= 15 is 0 Å². The fourth-order valence-corrected chi connectivity index (χ4v) is 1.36. The van der Waals surface area contributed by atoms with Crippen LogP contribution in [-0.4, -0.2) is 30.2 Å². The largest absolute Gasteiger partial charge is 0.286 e. The van der Waals surface area contributed by atoms with Crippen molar-refractivity contribution in [3.8, 4) is 0 Å². The van der Waals surface area contributed by atoms with Gasteiger partial charge in [0.05, 0.1) is 6.26 Å². The first kappa shape index (κ1) is 9.07. The molecule has 1 heterocycles. The molecule has 0 aliphatic carbocycles. The molecule has 1 N–H and O–H groups in total. The van der Waals surface area contributed by atoms with Crippen molar-refractivity contribution in [1.29, 1.82) is 0 Å². The third-order valence-corrected chi connectivity index (χ3v) is 1.93. The summed E-state index contributed by atoms with van der Waals surface area (Å²) in [6.45, 7) is 0. The molecule has 0 aromatic carbocycles. The minimum Gasteiger partial charge on any atom is -0.266 e. The average Bonchev–Trinajstić information content (AvgIpc) is 2.32. The van der Waals surface area contributed by atoms with Crippen LogP contribution in [0.15, 0.2) is 5.38 Å². The lowest BCUT2D eigenvalue weighted by Crippen LogP contribution is -2.29. The van der Waals surface area contributed by atoms with Gasteiger partial charge in [0.15, 0.2) is 5.69 Å². The Hall–Kier alpha value is -1.02. The van der Waals surface area contributed by atoms with Crippen LogP contribution in [0.4, 0.5) is 0 Å². The number of carbonyl (C=O) groups is 1. The van der Waals surface area contributed by atoms with Gasteiger partial charge in [0.2, 0.25) is 10.0 Å². The molecule has 1 rings (SSSR count). The predicted octanol–water partition coefficient (Wildman–Crippen LogP) is -0.772. The second kappa shape index (κ2) is 3.15. The Bertz CT molecular complexity index is 368. The molecular weight excluding hydrogens is 202 g/mol. The van der Waals surface area contributed by atoms with E-state index in [1.807, 2.05) is 0 Å². The first-order chi connectivity index (χ1) is 5.49. The standard InChI is InChI=1S/C4H5N3O3S2/c1-12(9,10)6-4(8)3-2-11-7-5-3/h2H,1H3,(H,6,8). The van der Waals surface area contributed by atoms with Gasteiger partial charge in [0.1, 0.15) is 0 Å². The van der Waals surface area contributed by atoms with Gasteiger partial charge in [-0.3, -0.25) is 4.79 Å². The van der Waals surface area contributed by atoms with Gasteiger partial charge in [-0.15, -0.1) is 5.10 Å². The third kappa shape index (κ3) is 2.55. The lowest BCUT2D eigenvalue weighted by Gasteiger charge is -1.96. The van der Waals surface area contributed by atoms with Gasteiger partial charge in [-0.25, -0.2) is 13.1 Å². The Morgan fingerprint density at radius 3 is 2.75 bits per heavy atom. The molecule has 1 aromatic heterocycles. The number of hydrogen-bond acceptors (Lipinski definition) is 6. The highest BCUT2D eigenvalue weighted by molar-refractivity contribution is 7.89. The van der Waals surface area contributed by atoms with E-state index in [2.05, 4.69) is 9.59 Å². The maximum Gasteiger partial charge on any atom is 0.286 e. The topological polar surface area (TPSA) is 89.0 Å². The molecule has 12 heavy (non-hydrogen) atoms. The van der Waals surface area contributed by atoms with Gasteiger partial charge in [0, 0.05) is 5.38 Å². The fraction of sp³-hybridized carbons (Fsp3) is 0.250. The number of nitrogens with one attached hydrogen (secondary N) is 1. The lowest BCUT2D eigenvalue weighted by atomic mass is 10.5. The molecule has 0 unspecified atom stereocenters. The Labute approximate surface area is 72.8 Å². The first-order valence-corrected chi connectivity index (χ1v) is 5.51. The van der Waals surface area contributed by atoms with Crippen LogP contribution in [0.25, 0.3) is 0 Å². The molecule has 1 amide bonds. The fourth-order valence-electron chi connectivity index (χ4n) is 0.484. The van der Waals surface area contributed by atoms with Gasteiger partial charge in [-0.2, -0.15) is 0 Å². The normalized spacial score (nSPS) is 11.1. The molecule has 1 aromatic rings. The SMILES string of the molecule is CS(=O)(=O)NC(=O)c1csnn1. The van der Waals surface area contributed by atoms with Crippen molar-refractivity contribution < 1.29 is 13.2 Å². The van der Waals surface area contributed by atoms with Gasteiger partial charge >= 0.3 is 0 Å². The van der Waals surface area contributed by atoms with Crippen LogP contribution in [0.2, 0.25) is 0 Å². The molecule has 0 aliphatic rings. The maximum absolute atomic E-state index is 10.9. The van der Waals surface area contributed by atoms with Crippen molar-refractivity contribution in [3.63, 3.8) is 0 Å². The summed E-state index contributed by atoms with van der Waals surface area (Å²) >= 11 is 0.977. The van der Waals surface area contributed by atoms with E-state index in [1.54, 1.807) is 4.72 Å². The molecule has 6 nitrogen and oxygen atoms in total. The monoisotopic (exact) mass is 207 g/mol. The number of sulfonamides is 1. The summed E-state index contributed by atoms with van der Waals surface area (Å²) in [6.07, 6.45) is 0.894. The highest BCUT2D eigenvalue weighted by atomic mass is 32.2. The zero-order chi connectivity index (χ0) is 9.19. The summed E-state index contributed by atoms with van der Waals surface area (Å²) in [7, 11) is -3.51. The van der Waals surface area contributed by atoms with Gasteiger partial charge in [0.25, 0.3) is 5.91 Å². The van der Waals surface area contributed by atoms with E-state index in [4.69, 9.17) is 0 Å². The van der Waals surface area contributed by atoms with Crippen molar-refractivity contribution in [3.05, 3.63) is 11.1 Å². The number of hydrogen-bond donors (Lipinski definition) is 1. The summed E-state index contributed by atoms with van der Waals surface area (Å²) in [6, 6.07) is 0. The molecule has 0 aliphatic heterocycles. The summed E-state index contributed by atoms with van der Waals surface area (Å²) in [5.41, 5.74) is 0.00502. The minimum absolute atomic E-state index is 0.00502. The van der Waals surface area contributed by atoms with Crippen LogP contribution < -0.4 is 4.72 Å². The molecule has 0 bridgehead atoms. The molecule has 0 spiro atoms. The molecule has 0 fully saturated rings. The number of rotatable bonds is 2. The lowest BCUT2D eigenvalue weighted by molar-refractivity contribution is 0.0977. The van der Waals surface area contributed by atoms with Crippen molar-refractivity contribution in [2.75, 3.05) is 6.26 Å². The van der Waals surface area contributed by atoms with Crippen molar-refractivity contribution in [2.24, 2.45) is 0 Å². The van der Waals surface area contributed by atoms with Crippen LogP contribution in [0.5, 0.6) is 0 Å². The zero-order valence-electron chi connectivity index (χ0n) is 6.01. The van der Waals surface area contributed by atoms with E-state index in [-0.39, 0.29) is 5.69 Å². The van der Waals surface area contributed by atoms with Crippen LogP contribution in [-0.2, 0) is 10.0 Å². The average molecular weight is 207 g/mol. The van der Waals surface area contributed by atoms with Crippen LogP contribution >= 0.6 is 11.5 Å². The quantitative estimate of drug-likeness (QED) is 0.687. The Kier molecular flexibility index (Phi) is 2.38. The van der Waals surface area contributed by atoms with Crippen molar-refractivity contribution in [1.82, 2.24) is 14.3 Å². The van der Waals surface area contributed by atoms with Gasteiger partial charge in [-0.1, -0.05) is 4.49 Å². The molecular formula is C4H5N3O3S2. The molecule has 8 heteroatoms. The van der Waals surface area contributed by atoms with E-state index in [0.29, 0.717) is 0 Å². The molecule has 0 saturated carbocycles. The summed E-state index contributed by atoms with van der Waals surface area (Å²) in [5, 5.41) is 4.75. The second-order valence-corrected chi connectivity index (χ2v) is 4.35. The van der Waals surface area contributed by atoms with Crippen LogP contribution in [0.1, 0.15) is 10.5 Å². The van der Waals surface area contributed by atoms with Crippen molar-refractivity contribution in [2.45, 2.75) is 0 Å². The first-order valence-electron chi connectivity index (χ1n) is 2.78. The molecule has 66 valence electrons. The Morgan fingerprint density at radius 2 is 2.33 bits per heavy atom. The van der Waals surface area contributed by atoms with Crippen LogP contribution in [0.3, 0.4) is 0 Å². The van der Waals surface area contributed by atoms with E-state index in [0.717, 1.165) is 17.8 Å². The molecule has 0 radical (unpaired) electrons. The summed E-state index contributed by atoms with van der Waals surface area (Å²) < 4.78 is 26.3. The number of nitrogens with zero attached hydrogens (tertiary/aromatic N) is 2. The summed E-state index contributed by atoms with van der Waals surface area (Å²) in [5.74, 6) is -0.758. The number of amides is 1. The van der Waals surface area contributed by atoms with E-state index in [9.17, 15) is 13.2 Å². The maximum atomic E-state index is 10.9. The van der Waals surface area contributed by atoms with Crippen LogP contribution in [0, 0.1) is 0 Å². The Balaban J connectivity index is 2.76. The third-order valence-electron chi connectivity index (χ3n) is 0.871. The summed E-state index contributed by atoms with van der Waals surface area (Å²) in [4.78, 5) is 10.9. The smallest absolute Gasteiger partial charge is 0.266 e. The van der Waals surface area contributed by atoms with Gasteiger partial charge < -0.3 is 0 Å². The molecule has 0 saturated heterocycles. The van der Waals surface area contributed by atoms with Gasteiger partial charge in [-0.05, 0) is 11.5 Å². The van der Waals surface area contributed by atoms with Crippen molar-refractivity contribution >= 4 is 27.5 Å². The van der Waals surface area contributed by atoms with E-state index < -0.39 is 15.9 Å². The minimum atomic E-state index is -3.51. The highest BCUT2D eigenvalue weighted by Crippen LogP contribution is 1.96. The number of aromatic nitrogens is 2. The Morgan fingerprint density at radius 1 is 1.67 bits per heavy atom. The number of carbonyl (C=O) groups excluding carboxylic acids is 1. The highest BCUT2D eigenvalue weighted by Gasteiger charge is 2.12.